The van der Waals surface area contributed by atoms with Gasteiger partial charge < -0.3 is 20.1 Å². The Labute approximate surface area is 168 Å². The number of ether oxygens (including phenoxy) is 2. The van der Waals surface area contributed by atoms with Crippen molar-refractivity contribution in [2.75, 3.05) is 21.3 Å². The van der Waals surface area contributed by atoms with Gasteiger partial charge in [0.15, 0.2) is 5.96 Å². The summed E-state index contributed by atoms with van der Waals surface area (Å²) in [6.07, 6.45) is 1.86. The Morgan fingerprint density at radius 1 is 1.21 bits per heavy atom. The van der Waals surface area contributed by atoms with E-state index in [4.69, 9.17) is 9.47 Å². The number of benzene rings is 1. The molecule has 0 radical (unpaired) electrons. The Morgan fingerprint density at radius 2 is 1.96 bits per heavy atom. The number of guanidine groups is 1. The quantitative estimate of drug-likeness (QED) is 0.538. The second-order valence-electron chi connectivity index (χ2n) is 6.60. The number of methoxy groups -OCH3 is 2. The number of nitrogens with zero attached hydrogens (tertiary/aromatic N) is 3. The Bertz CT molecular complexity index is 813. The first-order valence-corrected chi connectivity index (χ1v) is 9.71. The summed E-state index contributed by atoms with van der Waals surface area (Å²) in [5.74, 6) is 2.33. The maximum absolute atomic E-state index is 5.51. The van der Waals surface area contributed by atoms with E-state index in [0.717, 1.165) is 41.6 Å². The smallest absolute Gasteiger partial charge is 0.191 e. The van der Waals surface area contributed by atoms with E-state index in [1.807, 2.05) is 29.9 Å². The van der Waals surface area contributed by atoms with Crippen LogP contribution in [0, 0.1) is 0 Å². The summed E-state index contributed by atoms with van der Waals surface area (Å²) in [6.45, 7) is 7.05. The van der Waals surface area contributed by atoms with Crippen LogP contribution < -0.4 is 20.1 Å². The van der Waals surface area contributed by atoms with Gasteiger partial charge in [-0.15, -0.1) is 0 Å². The standard InChI is InChI=1S/C21H33N5O2/c1-8-18-17(19(9-2)26(5)25-18)13-23-21(22-4)24-14(3)16-12-15(27-6)10-11-20(16)28-7/h10-12,14H,8-9,13H2,1-7H3,(H2,22,23,24). The topological polar surface area (TPSA) is 72.7 Å². The fourth-order valence-electron chi connectivity index (χ4n) is 3.42. The highest BCUT2D eigenvalue weighted by Crippen LogP contribution is 2.29. The normalized spacial score (nSPS) is 12.6. The van der Waals surface area contributed by atoms with E-state index in [1.54, 1.807) is 21.3 Å². The Balaban J connectivity index is 2.14. The predicted octanol–water partition coefficient (Wildman–Crippen LogP) is 2.99. The van der Waals surface area contributed by atoms with Crippen LogP contribution in [0.4, 0.5) is 0 Å². The number of hydrogen-bond donors (Lipinski definition) is 2. The summed E-state index contributed by atoms with van der Waals surface area (Å²) in [5, 5.41) is 11.5. The summed E-state index contributed by atoms with van der Waals surface area (Å²) < 4.78 is 12.8. The average Bonchev–Trinajstić information content (AvgIpc) is 3.04. The number of aliphatic imine (C=N–C) groups is 1. The molecule has 7 nitrogen and oxygen atoms in total. The molecule has 0 bridgehead atoms. The van der Waals surface area contributed by atoms with Gasteiger partial charge in [-0.1, -0.05) is 13.8 Å². The lowest BCUT2D eigenvalue weighted by Crippen LogP contribution is -2.38. The van der Waals surface area contributed by atoms with E-state index in [2.05, 4.69) is 41.5 Å². The number of aromatic nitrogens is 2. The van der Waals surface area contributed by atoms with E-state index >= 15 is 0 Å². The van der Waals surface area contributed by atoms with Crippen LogP contribution in [0.15, 0.2) is 23.2 Å². The van der Waals surface area contributed by atoms with Crippen LogP contribution in [0.3, 0.4) is 0 Å². The summed E-state index contributed by atoms with van der Waals surface area (Å²) in [7, 11) is 7.11. The van der Waals surface area contributed by atoms with E-state index in [1.165, 1.54) is 11.3 Å². The van der Waals surface area contributed by atoms with Crippen LogP contribution in [-0.4, -0.2) is 37.0 Å². The van der Waals surface area contributed by atoms with Crippen molar-refractivity contribution in [2.45, 2.75) is 46.2 Å². The third-order valence-corrected chi connectivity index (χ3v) is 4.94. The van der Waals surface area contributed by atoms with Gasteiger partial charge in [0.2, 0.25) is 0 Å². The molecular weight excluding hydrogens is 354 g/mol. The second kappa shape index (κ2) is 10.0. The maximum Gasteiger partial charge on any atom is 0.191 e. The first-order valence-electron chi connectivity index (χ1n) is 9.71. The van der Waals surface area contributed by atoms with Crippen LogP contribution in [0.2, 0.25) is 0 Å². The van der Waals surface area contributed by atoms with E-state index in [9.17, 15) is 0 Å². The summed E-state index contributed by atoms with van der Waals surface area (Å²) >= 11 is 0. The zero-order chi connectivity index (χ0) is 20.7. The molecule has 1 atom stereocenters. The minimum Gasteiger partial charge on any atom is -0.497 e. The van der Waals surface area contributed by atoms with Gasteiger partial charge in [0.25, 0.3) is 0 Å². The van der Waals surface area contributed by atoms with Crippen LogP contribution in [0.5, 0.6) is 11.5 Å². The van der Waals surface area contributed by atoms with Crippen molar-refractivity contribution in [3.8, 4) is 11.5 Å². The summed E-state index contributed by atoms with van der Waals surface area (Å²) in [5.41, 5.74) is 4.64. The van der Waals surface area contributed by atoms with Crippen LogP contribution in [0.1, 0.15) is 49.3 Å². The molecule has 1 aromatic carbocycles. The van der Waals surface area contributed by atoms with Gasteiger partial charge in [0, 0.05) is 37.5 Å². The zero-order valence-electron chi connectivity index (χ0n) is 18.1. The van der Waals surface area contributed by atoms with Gasteiger partial charge in [-0.25, -0.2) is 0 Å². The molecule has 0 saturated heterocycles. The number of aryl methyl sites for hydroxylation is 2. The Kier molecular flexibility index (Phi) is 7.72. The number of hydrogen-bond acceptors (Lipinski definition) is 4. The van der Waals surface area contributed by atoms with Crippen LogP contribution >= 0.6 is 0 Å². The first kappa shape index (κ1) is 21.6. The molecule has 0 aliphatic heterocycles. The lowest BCUT2D eigenvalue weighted by atomic mass is 10.1. The van der Waals surface area contributed by atoms with Crippen LogP contribution in [-0.2, 0) is 26.4 Å². The predicted molar refractivity (Wildman–Crippen MR) is 113 cm³/mol. The van der Waals surface area contributed by atoms with Crippen molar-refractivity contribution >= 4 is 5.96 Å². The van der Waals surface area contributed by atoms with Gasteiger partial charge >= 0.3 is 0 Å². The van der Waals surface area contributed by atoms with E-state index < -0.39 is 0 Å². The van der Waals surface area contributed by atoms with Gasteiger partial charge in [-0.05, 0) is 38.0 Å². The summed E-state index contributed by atoms with van der Waals surface area (Å²) in [4.78, 5) is 4.38. The largest absolute Gasteiger partial charge is 0.497 e. The minimum absolute atomic E-state index is 0.0126. The first-order chi connectivity index (χ1) is 13.5. The molecule has 0 aliphatic carbocycles. The highest BCUT2D eigenvalue weighted by Gasteiger charge is 2.16. The average molecular weight is 388 g/mol. The van der Waals surface area contributed by atoms with Crippen LogP contribution in [0.25, 0.3) is 0 Å². The number of rotatable bonds is 8. The van der Waals surface area contributed by atoms with Crippen molar-refractivity contribution in [1.29, 1.82) is 0 Å². The number of nitrogens with one attached hydrogen (secondary N) is 2. The second-order valence-corrected chi connectivity index (χ2v) is 6.60. The minimum atomic E-state index is -0.0126. The SMILES string of the molecule is CCc1nn(C)c(CC)c1CNC(=NC)NC(C)c1cc(OC)ccc1OC. The molecule has 7 heteroatoms. The molecule has 2 N–H and O–H groups in total. The molecular formula is C21H33N5O2. The molecule has 0 saturated carbocycles. The Morgan fingerprint density at radius 3 is 2.54 bits per heavy atom. The molecule has 0 aliphatic rings. The molecule has 0 fully saturated rings. The highest BCUT2D eigenvalue weighted by atomic mass is 16.5. The van der Waals surface area contributed by atoms with Gasteiger partial charge in [0.1, 0.15) is 11.5 Å². The fraction of sp³-hybridized carbons (Fsp3) is 0.524. The molecule has 0 spiro atoms. The molecule has 1 heterocycles. The zero-order valence-corrected chi connectivity index (χ0v) is 18.1. The van der Waals surface area contributed by atoms with Crippen molar-refractivity contribution in [2.24, 2.45) is 12.0 Å². The lowest BCUT2D eigenvalue weighted by molar-refractivity contribution is 0.394. The molecule has 1 unspecified atom stereocenters. The molecule has 28 heavy (non-hydrogen) atoms. The van der Waals surface area contributed by atoms with Crippen molar-refractivity contribution in [3.05, 3.63) is 40.7 Å². The van der Waals surface area contributed by atoms with Crippen molar-refractivity contribution in [1.82, 2.24) is 20.4 Å². The fourth-order valence-corrected chi connectivity index (χ4v) is 3.42. The third kappa shape index (κ3) is 4.77. The Hall–Kier alpha value is -2.70. The highest BCUT2D eigenvalue weighted by molar-refractivity contribution is 5.80. The van der Waals surface area contributed by atoms with Gasteiger partial charge in [-0.2, -0.15) is 5.10 Å². The molecule has 154 valence electrons. The molecule has 2 aromatic rings. The lowest BCUT2D eigenvalue weighted by Gasteiger charge is -2.21. The van der Waals surface area contributed by atoms with Crippen molar-refractivity contribution < 1.29 is 9.47 Å². The molecule has 1 aromatic heterocycles. The third-order valence-electron chi connectivity index (χ3n) is 4.94. The van der Waals surface area contributed by atoms with E-state index in [-0.39, 0.29) is 6.04 Å². The van der Waals surface area contributed by atoms with Gasteiger partial charge in [-0.3, -0.25) is 9.67 Å². The maximum atomic E-state index is 5.51. The molecule has 2 rings (SSSR count). The van der Waals surface area contributed by atoms with E-state index in [0.29, 0.717) is 6.54 Å². The van der Waals surface area contributed by atoms with Crippen molar-refractivity contribution in [3.63, 3.8) is 0 Å². The monoisotopic (exact) mass is 387 g/mol. The summed E-state index contributed by atoms with van der Waals surface area (Å²) in [6, 6.07) is 5.78. The van der Waals surface area contributed by atoms with Gasteiger partial charge in [0.05, 0.1) is 26.0 Å². The molecule has 0 amide bonds.